The first-order chi connectivity index (χ1) is 13.7. The van der Waals surface area contributed by atoms with Crippen LogP contribution in [0.4, 0.5) is 10.7 Å². The average Bonchev–Trinajstić information content (AvgIpc) is 3.04. The van der Waals surface area contributed by atoms with Crippen LogP contribution >= 0.6 is 0 Å². The summed E-state index contributed by atoms with van der Waals surface area (Å²) in [6, 6.07) is 0. The standard InChI is InChI=1S/C20H28N4O5/c1-6-8-9-24-16(17(26)28-7-2)15(14-25)21-18(24)22-10-12-23(13-11-22)19(27)29-20(3,4)5/h14H,7,9-13H2,1-5H3. The molecule has 1 aromatic heterocycles. The lowest BCUT2D eigenvalue weighted by atomic mass is 10.2. The van der Waals surface area contributed by atoms with E-state index in [4.69, 9.17) is 9.47 Å². The Bertz CT molecular complexity index is 820. The van der Waals surface area contributed by atoms with Crippen molar-refractivity contribution >= 4 is 24.3 Å². The van der Waals surface area contributed by atoms with Gasteiger partial charge in [0.05, 0.1) is 13.2 Å². The van der Waals surface area contributed by atoms with Crippen LogP contribution in [0, 0.1) is 11.8 Å². The number of rotatable bonds is 5. The Morgan fingerprint density at radius 1 is 1.21 bits per heavy atom. The molecule has 1 fully saturated rings. The largest absolute Gasteiger partial charge is 0.461 e. The first-order valence-corrected chi connectivity index (χ1v) is 9.57. The van der Waals surface area contributed by atoms with Crippen LogP contribution in [-0.2, 0) is 16.0 Å². The molecule has 0 N–H and O–H groups in total. The van der Waals surface area contributed by atoms with Crippen LogP contribution in [0.5, 0.6) is 0 Å². The van der Waals surface area contributed by atoms with Crippen molar-refractivity contribution in [1.82, 2.24) is 14.5 Å². The van der Waals surface area contributed by atoms with E-state index in [1.165, 1.54) is 0 Å². The Morgan fingerprint density at radius 2 is 1.86 bits per heavy atom. The van der Waals surface area contributed by atoms with Crippen LogP contribution in [0.1, 0.15) is 55.6 Å². The number of hydrogen-bond donors (Lipinski definition) is 0. The molecule has 1 amide bonds. The number of carbonyl (C=O) groups excluding carboxylic acids is 3. The number of piperazine rings is 1. The molecule has 1 aliphatic heterocycles. The van der Waals surface area contributed by atoms with Crippen molar-refractivity contribution in [2.24, 2.45) is 0 Å². The van der Waals surface area contributed by atoms with Gasteiger partial charge in [0.15, 0.2) is 12.0 Å². The highest BCUT2D eigenvalue weighted by Gasteiger charge is 2.30. The smallest absolute Gasteiger partial charge is 0.410 e. The molecule has 0 spiro atoms. The van der Waals surface area contributed by atoms with Gasteiger partial charge in [0.2, 0.25) is 5.95 Å². The predicted octanol–water partition coefficient (Wildman–Crippen LogP) is 1.95. The van der Waals surface area contributed by atoms with Gasteiger partial charge in [0.1, 0.15) is 11.3 Å². The van der Waals surface area contributed by atoms with Crippen LogP contribution in [0.15, 0.2) is 0 Å². The molecule has 0 saturated carbocycles. The molecule has 0 unspecified atom stereocenters. The van der Waals surface area contributed by atoms with Crippen molar-refractivity contribution in [2.75, 3.05) is 37.7 Å². The van der Waals surface area contributed by atoms with Crippen molar-refractivity contribution < 1.29 is 23.9 Å². The summed E-state index contributed by atoms with van der Waals surface area (Å²) in [6.07, 6.45) is 0.181. The fourth-order valence-electron chi connectivity index (χ4n) is 2.92. The highest BCUT2D eigenvalue weighted by molar-refractivity contribution is 5.96. The summed E-state index contributed by atoms with van der Waals surface area (Å²) in [7, 11) is 0. The minimum Gasteiger partial charge on any atom is -0.461 e. The SMILES string of the molecule is CC#CCn1c(N2CCN(C(=O)OC(C)(C)C)CC2)nc(C=O)c1C(=O)OCC. The summed E-state index contributed by atoms with van der Waals surface area (Å²) >= 11 is 0. The fourth-order valence-corrected chi connectivity index (χ4v) is 2.92. The molecule has 0 bridgehead atoms. The minimum atomic E-state index is -0.612. The third-order valence-corrected chi connectivity index (χ3v) is 4.18. The van der Waals surface area contributed by atoms with Gasteiger partial charge in [-0.05, 0) is 34.6 Å². The van der Waals surface area contributed by atoms with Gasteiger partial charge in [-0.1, -0.05) is 5.92 Å². The van der Waals surface area contributed by atoms with Gasteiger partial charge in [0, 0.05) is 26.2 Å². The number of aldehydes is 1. The molecular weight excluding hydrogens is 376 g/mol. The van der Waals surface area contributed by atoms with Crippen LogP contribution in [0.25, 0.3) is 0 Å². The van der Waals surface area contributed by atoms with Crippen molar-refractivity contribution in [2.45, 2.75) is 46.8 Å². The number of ether oxygens (including phenoxy) is 2. The monoisotopic (exact) mass is 404 g/mol. The molecule has 2 rings (SSSR count). The quantitative estimate of drug-likeness (QED) is 0.421. The normalized spacial score (nSPS) is 14.1. The Morgan fingerprint density at radius 3 is 2.38 bits per heavy atom. The summed E-state index contributed by atoms with van der Waals surface area (Å²) in [4.78, 5) is 44.1. The zero-order valence-corrected chi connectivity index (χ0v) is 17.7. The molecule has 9 nitrogen and oxygen atoms in total. The van der Waals surface area contributed by atoms with Gasteiger partial charge in [0.25, 0.3) is 0 Å². The van der Waals surface area contributed by atoms with Crippen molar-refractivity contribution in [3.63, 3.8) is 0 Å². The average molecular weight is 404 g/mol. The van der Waals surface area contributed by atoms with Crippen molar-refractivity contribution in [3.8, 4) is 11.8 Å². The van der Waals surface area contributed by atoms with Crippen LogP contribution < -0.4 is 4.90 Å². The van der Waals surface area contributed by atoms with E-state index >= 15 is 0 Å². The summed E-state index contributed by atoms with van der Waals surface area (Å²) in [5.74, 6) is 5.55. The van der Waals surface area contributed by atoms with E-state index < -0.39 is 11.6 Å². The topological polar surface area (TPSA) is 94.0 Å². The minimum absolute atomic E-state index is 0.0194. The molecule has 1 saturated heterocycles. The van der Waals surface area contributed by atoms with Gasteiger partial charge < -0.3 is 19.3 Å². The Hall–Kier alpha value is -3.02. The summed E-state index contributed by atoms with van der Waals surface area (Å²) in [6.45, 7) is 11.1. The molecule has 1 aromatic rings. The molecule has 158 valence electrons. The highest BCUT2D eigenvalue weighted by atomic mass is 16.6. The van der Waals surface area contributed by atoms with E-state index in [2.05, 4.69) is 16.8 Å². The maximum Gasteiger partial charge on any atom is 0.410 e. The molecule has 1 aliphatic rings. The molecule has 0 atom stereocenters. The molecule has 29 heavy (non-hydrogen) atoms. The lowest BCUT2D eigenvalue weighted by Crippen LogP contribution is -2.50. The van der Waals surface area contributed by atoms with Gasteiger partial charge >= 0.3 is 12.1 Å². The molecular formula is C20H28N4O5. The van der Waals surface area contributed by atoms with Gasteiger partial charge in [-0.3, -0.25) is 9.36 Å². The van der Waals surface area contributed by atoms with Crippen LogP contribution in [0.3, 0.4) is 0 Å². The number of carbonyl (C=O) groups is 3. The number of hydrogen-bond acceptors (Lipinski definition) is 7. The molecule has 2 heterocycles. The van der Waals surface area contributed by atoms with Crippen molar-refractivity contribution in [1.29, 1.82) is 0 Å². The van der Waals surface area contributed by atoms with Gasteiger partial charge in [-0.25, -0.2) is 14.6 Å². The lowest BCUT2D eigenvalue weighted by molar-refractivity contribution is 0.0239. The Labute approximate surface area is 170 Å². The van der Waals surface area contributed by atoms with Crippen LogP contribution in [0.2, 0.25) is 0 Å². The second-order valence-electron chi connectivity index (χ2n) is 7.45. The summed E-state index contributed by atoms with van der Waals surface area (Å²) < 4.78 is 12.1. The molecule has 0 aliphatic carbocycles. The third kappa shape index (κ3) is 5.50. The van der Waals surface area contributed by atoms with E-state index in [1.54, 1.807) is 23.3 Å². The fraction of sp³-hybridized carbons (Fsp3) is 0.600. The number of amides is 1. The number of esters is 1. The summed E-state index contributed by atoms with van der Waals surface area (Å²) in [5, 5.41) is 0. The first kappa shape index (κ1) is 22.3. The molecule has 0 radical (unpaired) electrons. The Balaban J connectivity index is 2.26. The van der Waals surface area contributed by atoms with E-state index in [1.807, 2.05) is 25.7 Å². The highest BCUT2D eigenvalue weighted by Crippen LogP contribution is 2.22. The van der Waals surface area contributed by atoms with E-state index in [-0.39, 0.29) is 30.6 Å². The Kier molecular flexibility index (Phi) is 7.26. The van der Waals surface area contributed by atoms with Crippen LogP contribution in [-0.4, -0.2) is 71.2 Å². The maximum absolute atomic E-state index is 12.4. The molecule has 0 aromatic carbocycles. The first-order valence-electron chi connectivity index (χ1n) is 9.57. The summed E-state index contributed by atoms with van der Waals surface area (Å²) in [5.41, 5.74) is -0.448. The lowest BCUT2D eigenvalue weighted by Gasteiger charge is -2.36. The zero-order valence-electron chi connectivity index (χ0n) is 17.7. The van der Waals surface area contributed by atoms with Gasteiger partial charge in [-0.2, -0.15) is 0 Å². The van der Waals surface area contributed by atoms with Crippen molar-refractivity contribution in [3.05, 3.63) is 11.4 Å². The third-order valence-electron chi connectivity index (χ3n) is 4.18. The zero-order chi connectivity index (χ0) is 21.6. The van der Waals surface area contributed by atoms with E-state index in [0.717, 1.165) is 0 Å². The predicted molar refractivity (Wildman–Crippen MR) is 107 cm³/mol. The second-order valence-corrected chi connectivity index (χ2v) is 7.45. The van der Waals surface area contributed by atoms with E-state index in [0.29, 0.717) is 38.4 Å². The number of nitrogens with zero attached hydrogens (tertiary/aromatic N) is 4. The van der Waals surface area contributed by atoms with Gasteiger partial charge in [-0.15, -0.1) is 5.92 Å². The number of imidazole rings is 1. The van der Waals surface area contributed by atoms with E-state index in [9.17, 15) is 14.4 Å². The molecule has 9 heteroatoms. The maximum atomic E-state index is 12.4. The second kappa shape index (κ2) is 9.45. The number of anilines is 1. The number of aromatic nitrogens is 2.